The molecule has 0 fully saturated rings. The van der Waals surface area contributed by atoms with E-state index in [1.165, 1.54) is 0 Å². The molecule has 0 amide bonds. The summed E-state index contributed by atoms with van der Waals surface area (Å²) in [5.74, 6) is -1.93. The predicted octanol–water partition coefficient (Wildman–Crippen LogP) is 5.61. The van der Waals surface area contributed by atoms with Crippen molar-refractivity contribution in [2.24, 2.45) is 0 Å². The zero-order valence-electron chi connectivity index (χ0n) is 37.8. The van der Waals surface area contributed by atoms with Gasteiger partial charge in [0.15, 0.2) is 0 Å². The van der Waals surface area contributed by atoms with Gasteiger partial charge in [0, 0.05) is 26.2 Å². The van der Waals surface area contributed by atoms with Gasteiger partial charge in [-0.05, 0) is 135 Å². The first-order chi connectivity index (χ1) is 25.8. The number of carbonyl (C=O) groups is 5. The number of benzene rings is 1. The molecule has 1 aromatic rings. The highest BCUT2D eigenvalue weighted by atomic mass is 16.6. The van der Waals surface area contributed by atoms with Gasteiger partial charge in [-0.2, -0.15) is 0 Å². The van der Waals surface area contributed by atoms with Crippen LogP contribution in [0.15, 0.2) is 24.3 Å². The van der Waals surface area contributed by atoms with E-state index in [1.54, 1.807) is 119 Å². The number of hydrogen-bond donors (Lipinski definition) is 0. The van der Waals surface area contributed by atoms with Crippen molar-refractivity contribution in [3.05, 3.63) is 29.8 Å². The molecule has 1 rings (SSSR count). The monoisotopic (exact) mass is 808 g/mol. The quantitative estimate of drug-likeness (QED) is 0.119. The molecule has 0 saturated carbocycles. The summed E-state index contributed by atoms with van der Waals surface area (Å²) < 4.78 is 34.0. The van der Waals surface area contributed by atoms with Crippen molar-refractivity contribution in [3.8, 4) is 5.75 Å². The van der Waals surface area contributed by atoms with Gasteiger partial charge in [-0.1, -0.05) is 12.1 Å². The Morgan fingerprint density at radius 3 is 1.23 bits per heavy atom. The highest BCUT2D eigenvalue weighted by Crippen LogP contribution is 2.20. The fraction of sp³-hybridized carbons (Fsp3) is 0.744. The van der Waals surface area contributed by atoms with Crippen molar-refractivity contribution in [2.45, 2.75) is 151 Å². The Morgan fingerprint density at radius 1 is 0.491 bits per heavy atom. The fourth-order valence-electron chi connectivity index (χ4n) is 5.43. The first kappa shape index (κ1) is 51.3. The molecule has 1 unspecified atom stereocenters. The number of rotatable bonds is 20. The molecule has 0 N–H and O–H groups in total. The van der Waals surface area contributed by atoms with E-state index in [4.69, 9.17) is 28.4 Å². The molecule has 1 aromatic carbocycles. The first-order valence-electron chi connectivity index (χ1n) is 19.8. The van der Waals surface area contributed by atoms with Crippen LogP contribution in [-0.4, -0.2) is 138 Å². The third-order valence-electron chi connectivity index (χ3n) is 7.29. The van der Waals surface area contributed by atoms with E-state index in [2.05, 4.69) is 0 Å². The van der Waals surface area contributed by atoms with Gasteiger partial charge in [-0.15, -0.1) is 0 Å². The first-order valence-corrected chi connectivity index (χ1v) is 19.8. The molecular formula is C43H73N3O11. The van der Waals surface area contributed by atoms with Crippen molar-refractivity contribution in [3.63, 3.8) is 0 Å². The maximum absolute atomic E-state index is 14.0. The van der Waals surface area contributed by atoms with Gasteiger partial charge in [0.1, 0.15) is 39.8 Å². The summed E-state index contributed by atoms with van der Waals surface area (Å²) in [6, 6.07) is 6.46. The summed E-state index contributed by atoms with van der Waals surface area (Å²) in [5, 5.41) is 0. The van der Waals surface area contributed by atoms with Crippen LogP contribution >= 0.6 is 0 Å². The Balaban J connectivity index is 3.62. The van der Waals surface area contributed by atoms with Crippen LogP contribution in [-0.2, 0) is 54.1 Å². The number of hydrogen-bond acceptors (Lipinski definition) is 14. The van der Waals surface area contributed by atoms with E-state index in [1.807, 2.05) is 31.2 Å². The molecule has 0 aliphatic carbocycles. The van der Waals surface area contributed by atoms with E-state index < -0.39 is 63.9 Å². The molecule has 0 aromatic heterocycles. The van der Waals surface area contributed by atoms with Crippen LogP contribution in [0, 0.1) is 0 Å². The zero-order chi connectivity index (χ0) is 44.0. The van der Waals surface area contributed by atoms with E-state index >= 15 is 0 Å². The van der Waals surface area contributed by atoms with Crippen LogP contribution in [0.4, 0.5) is 0 Å². The van der Waals surface area contributed by atoms with Gasteiger partial charge in [0.25, 0.3) is 0 Å². The number of nitrogens with zero attached hydrogens (tertiary/aromatic N) is 3. The molecule has 326 valence electrons. The minimum absolute atomic E-state index is 0.126. The minimum atomic E-state index is -0.922. The zero-order valence-corrected chi connectivity index (χ0v) is 37.8. The summed E-state index contributed by atoms with van der Waals surface area (Å²) in [6.07, 6.45) is 0.204. The summed E-state index contributed by atoms with van der Waals surface area (Å²) in [6.45, 7) is 28.8. The third kappa shape index (κ3) is 25.3. The van der Waals surface area contributed by atoms with Crippen molar-refractivity contribution < 1.29 is 52.4 Å². The Labute approximate surface area is 342 Å². The van der Waals surface area contributed by atoms with Crippen molar-refractivity contribution in [1.82, 2.24) is 14.7 Å². The van der Waals surface area contributed by atoms with Gasteiger partial charge < -0.3 is 28.4 Å². The van der Waals surface area contributed by atoms with Crippen molar-refractivity contribution in [1.29, 1.82) is 0 Å². The predicted molar refractivity (Wildman–Crippen MR) is 219 cm³/mol. The minimum Gasteiger partial charge on any atom is -0.494 e. The lowest BCUT2D eigenvalue weighted by molar-refractivity contribution is -0.166. The molecule has 57 heavy (non-hydrogen) atoms. The van der Waals surface area contributed by atoms with Crippen LogP contribution in [0.25, 0.3) is 0 Å². The Bertz CT molecular complexity index is 1410. The average Bonchev–Trinajstić information content (AvgIpc) is 2.96. The average molecular weight is 808 g/mol. The van der Waals surface area contributed by atoms with Crippen LogP contribution in [0.1, 0.15) is 116 Å². The molecule has 0 heterocycles. The molecular weight excluding hydrogens is 734 g/mol. The molecule has 1 atom stereocenters. The highest BCUT2D eigenvalue weighted by molar-refractivity contribution is 5.79. The maximum atomic E-state index is 14.0. The number of ether oxygens (including phenoxy) is 6. The molecule has 0 radical (unpaired) electrons. The maximum Gasteiger partial charge on any atom is 0.324 e. The largest absolute Gasteiger partial charge is 0.494 e. The highest BCUT2D eigenvalue weighted by Gasteiger charge is 2.34. The fourth-order valence-corrected chi connectivity index (χ4v) is 5.43. The Morgan fingerprint density at radius 2 is 0.842 bits per heavy atom. The molecule has 14 heteroatoms. The molecule has 0 aliphatic heterocycles. The van der Waals surface area contributed by atoms with E-state index in [9.17, 15) is 24.0 Å². The lowest BCUT2D eigenvalue weighted by Gasteiger charge is -2.35. The van der Waals surface area contributed by atoms with E-state index in [0.29, 0.717) is 12.4 Å². The topological polar surface area (TPSA) is 150 Å². The summed E-state index contributed by atoms with van der Waals surface area (Å²) in [5.41, 5.74) is -3.04. The molecule has 0 aliphatic rings. The molecule has 0 spiro atoms. The second kappa shape index (κ2) is 21.9. The standard InChI is InChI=1S/C43H73N3O11/c1-17-52-32-20-18-31(19-21-32)26-33(38(51)57-43(14,15)16)46(30-37(50)56-42(11,12)13)25-24-44(27-34(47)53-39(2,3)4)22-23-45(28-35(48)54-40(5,6)7)29-36(49)55-41(8,9)10/h18-21,33H,17,22-30H2,1-16H3. The van der Waals surface area contributed by atoms with Gasteiger partial charge in [0.2, 0.25) is 0 Å². The summed E-state index contributed by atoms with van der Waals surface area (Å²) in [4.78, 5) is 71.8. The van der Waals surface area contributed by atoms with Crippen molar-refractivity contribution >= 4 is 29.8 Å². The lowest BCUT2D eigenvalue weighted by Crippen LogP contribution is -2.52. The third-order valence-corrected chi connectivity index (χ3v) is 7.29. The lowest BCUT2D eigenvalue weighted by atomic mass is 10.0. The second-order valence-electron chi connectivity index (χ2n) is 19.1. The van der Waals surface area contributed by atoms with Crippen LogP contribution < -0.4 is 4.74 Å². The number of esters is 5. The van der Waals surface area contributed by atoms with Gasteiger partial charge in [-0.25, -0.2) is 0 Å². The molecule has 0 saturated heterocycles. The SMILES string of the molecule is CCOc1ccc(CC(C(=O)OC(C)(C)C)N(CCN(CCN(CC(=O)OC(C)(C)C)CC(=O)OC(C)(C)C)CC(=O)OC(C)(C)C)CC(=O)OC(C)(C)C)cc1. The van der Waals surface area contributed by atoms with Gasteiger partial charge in [-0.3, -0.25) is 38.7 Å². The second-order valence-corrected chi connectivity index (χ2v) is 19.1. The van der Waals surface area contributed by atoms with Crippen LogP contribution in [0.3, 0.4) is 0 Å². The van der Waals surface area contributed by atoms with Crippen molar-refractivity contribution in [2.75, 3.05) is 59.0 Å². The van der Waals surface area contributed by atoms with Crippen LogP contribution in [0.2, 0.25) is 0 Å². The Hall–Kier alpha value is -3.75. The van der Waals surface area contributed by atoms with Gasteiger partial charge >= 0.3 is 29.8 Å². The van der Waals surface area contributed by atoms with E-state index in [-0.39, 0.29) is 58.8 Å². The van der Waals surface area contributed by atoms with E-state index in [0.717, 1.165) is 5.56 Å². The summed E-state index contributed by atoms with van der Waals surface area (Å²) >= 11 is 0. The molecule has 0 bridgehead atoms. The normalized spacial score (nSPS) is 13.3. The van der Waals surface area contributed by atoms with Crippen LogP contribution in [0.5, 0.6) is 5.75 Å². The summed E-state index contributed by atoms with van der Waals surface area (Å²) in [7, 11) is 0. The van der Waals surface area contributed by atoms with Gasteiger partial charge in [0.05, 0.1) is 32.8 Å². The molecule has 14 nitrogen and oxygen atoms in total. The number of carbonyl (C=O) groups excluding carboxylic acids is 5. The smallest absolute Gasteiger partial charge is 0.324 e. The Kier molecular flexibility index (Phi) is 19.7.